The number of alkyl halides is 1. The number of methoxy groups -OCH3 is 2. The number of benzene rings is 1. The largest absolute Gasteiger partial charge is 0.495 e. The second-order valence-electron chi connectivity index (χ2n) is 3.59. The predicted molar refractivity (Wildman–Crippen MR) is 73.9 cm³/mol. The van der Waals surface area contributed by atoms with Crippen LogP contribution < -0.4 is 9.47 Å². The van der Waals surface area contributed by atoms with Crippen LogP contribution in [0.5, 0.6) is 11.5 Å². The number of ether oxygens (including phenoxy) is 2. The Kier molecular flexibility index (Phi) is 5.62. The van der Waals surface area contributed by atoms with Crippen molar-refractivity contribution in [2.45, 2.75) is 11.2 Å². The third kappa shape index (κ3) is 3.61. The van der Waals surface area contributed by atoms with Crippen molar-refractivity contribution in [1.82, 2.24) is 0 Å². The zero-order valence-corrected chi connectivity index (χ0v) is 12.6. The highest BCUT2D eigenvalue weighted by molar-refractivity contribution is 9.10. The second kappa shape index (κ2) is 6.77. The van der Waals surface area contributed by atoms with Crippen molar-refractivity contribution in [2.75, 3.05) is 14.2 Å². The Labute approximate surface area is 123 Å². The molecule has 0 bridgehead atoms. The number of Topliss-reactive ketones (excluding diaryl/α,β-unsaturated/α-hetero) is 1. The van der Waals surface area contributed by atoms with Gasteiger partial charge in [0.15, 0.2) is 11.5 Å². The Morgan fingerprint density at radius 3 is 2.47 bits per heavy atom. The van der Waals surface area contributed by atoms with Gasteiger partial charge in [-0.25, -0.2) is 0 Å². The molecule has 5 nitrogen and oxygen atoms in total. The van der Waals surface area contributed by atoms with Gasteiger partial charge in [-0.05, 0) is 12.1 Å². The Bertz CT molecular complexity index is 503. The summed E-state index contributed by atoms with van der Waals surface area (Å²) < 4.78 is 10.1. The van der Waals surface area contributed by atoms with Crippen LogP contribution in [0.2, 0.25) is 5.02 Å². The Hall–Kier alpha value is -1.27. The summed E-state index contributed by atoms with van der Waals surface area (Å²) in [5, 5.41) is 8.86. The van der Waals surface area contributed by atoms with Crippen LogP contribution in [0.15, 0.2) is 12.1 Å². The molecule has 1 atom stereocenters. The van der Waals surface area contributed by atoms with E-state index >= 15 is 0 Å². The van der Waals surface area contributed by atoms with E-state index in [2.05, 4.69) is 15.9 Å². The van der Waals surface area contributed by atoms with E-state index in [0.717, 1.165) is 0 Å². The topological polar surface area (TPSA) is 72.8 Å². The number of carboxylic acids is 1. The van der Waals surface area contributed by atoms with Crippen LogP contribution in [0.1, 0.15) is 16.8 Å². The van der Waals surface area contributed by atoms with Crippen molar-refractivity contribution in [2.24, 2.45) is 0 Å². The minimum Gasteiger partial charge on any atom is -0.495 e. The molecule has 0 aliphatic heterocycles. The molecule has 0 aliphatic carbocycles. The maximum atomic E-state index is 12.1. The number of carbonyl (C=O) groups is 2. The summed E-state index contributed by atoms with van der Waals surface area (Å²) in [4.78, 5) is 21.9. The van der Waals surface area contributed by atoms with Crippen LogP contribution in [-0.2, 0) is 4.79 Å². The minimum absolute atomic E-state index is 0.167. The molecule has 0 aliphatic rings. The molecule has 1 aromatic carbocycles. The smallest absolute Gasteiger partial charge is 0.304 e. The number of carboxylic acid groups (broad SMARTS) is 1. The standard InChI is InChI=1S/C12H12BrClO5/c1-18-8-4-3-6(12(19-2)10(8)14)11(17)7(13)5-9(15)16/h3-4,7H,5H2,1-2H3,(H,15,16). The lowest BCUT2D eigenvalue weighted by molar-refractivity contribution is -0.136. The van der Waals surface area contributed by atoms with Crippen LogP contribution in [0.25, 0.3) is 0 Å². The molecular weight excluding hydrogens is 339 g/mol. The second-order valence-corrected chi connectivity index (χ2v) is 5.08. The van der Waals surface area contributed by atoms with Crippen LogP contribution in [-0.4, -0.2) is 35.9 Å². The minimum atomic E-state index is -1.08. The Morgan fingerprint density at radius 2 is 2.00 bits per heavy atom. The molecule has 19 heavy (non-hydrogen) atoms. The van der Waals surface area contributed by atoms with Crippen LogP contribution >= 0.6 is 27.5 Å². The number of hydrogen-bond acceptors (Lipinski definition) is 4. The summed E-state index contributed by atoms with van der Waals surface area (Å²) in [7, 11) is 2.82. The maximum absolute atomic E-state index is 12.1. The highest BCUT2D eigenvalue weighted by atomic mass is 79.9. The first-order valence-electron chi connectivity index (χ1n) is 5.22. The van der Waals surface area contributed by atoms with Gasteiger partial charge in [0.2, 0.25) is 0 Å². The molecule has 1 unspecified atom stereocenters. The summed E-state index contributed by atoms with van der Waals surface area (Å²) in [6.45, 7) is 0. The first-order valence-corrected chi connectivity index (χ1v) is 6.52. The fourth-order valence-corrected chi connectivity index (χ4v) is 2.35. The first kappa shape index (κ1) is 15.8. The van der Waals surface area contributed by atoms with Gasteiger partial charge < -0.3 is 14.6 Å². The quantitative estimate of drug-likeness (QED) is 0.630. The monoisotopic (exact) mass is 350 g/mol. The van der Waals surface area contributed by atoms with Gasteiger partial charge in [-0.2, -0.15) is 0 Å². The van der Waals surface area contributed by atoms with Crippen LogP contribution in [0.4, 0.5) is 0 Å². The fourth-order valence-electron chi connectivity index (χ4n) is 1.50. The molecule has 0 saturated carbocycles. The average molecular weight is 352 g/mol. The van der Waals surface area contributed by atoms with E-state index in [1.807, 2.05) is 0 Å². The van der Waals surface area contributed by atoms with Gasteiger partial charge in [-0.3, -0.25) is 9.59 Å². The maximum Gasteiger partial charge on any atom is 0.304 e. The summed E-state index contributed by atoms with van der Waals surface area (Å²) in [5.41, 5.74) is 0.205. The van der Waals surface area contributed by atoms with Gasteiger partial charge in [0.25, 0.3) is 0 Å². The highest BCUT2D eigenvalue weighted by Gasteiger charge is 2.25. The molecule has 1 aromatic rings. The van der Waals surface area contributed by atoms with Gasteiger partial charge in [0.1, 0.15) is 10.8 Å². The van der Waals surface area contributed by atoms with E-state index in [-0.39, 0.29) is 22.8 Å². The van der Waals surface area contributed by atoms with Gasteiger partial charge in [-0.1, -0.05) is 27.5 Å². The Balaban J connectivity index is 3.16. The van der Waals surface area contributed by atoms with Crippen molar-refractivity contribution in [1.29, 1.82) is 0 Å². The highest BCUT2D eigenvalue weighted by Crippen LogP contribution is 2.37. The molecule has 0 heterocycles. The lowest BCUT2D eigenvalue weighted by atomic mass is 10.0. The van der Waals surface area contributed by atoms with Crippen molar-refractivity contribution >= 4 is 39.3 Å². The molecule has 0 fully saturated rings. The summed E-state index contributed by atoms with van der Waals surface area (Å²) in [5.74, 6) is -0.946. The van der Waals surface area contributed by atoms with E-state index < -0.39 is 16.6 Å². The van der Waals surface area contributed by atoms with Crippen LogP contribution in [0.3, 0.4) is 0 Å². The molecule has 104 valence electrons. The molecule has 0 saturated heterocycles. The van der Waals surface area contributed by atoms with Gasteiger partial charge >= 0.3 is 5.97 Å². The van der Waals surface area contributed by atoms with Crippen molar-refractivity contribution in [3.05, 3.63) is 22.7 Å². The van der Waals surface area contributed by atoms with E-state index in [1.54, 1.807) is 0 Å². The number of rotatable bonds is 6. The van der Waals surface area contributed by atoms with E-state index in [9.17, 15) is 9.59 Å². The SMILES string of the molecule is COc1ccc(C(=O)C(Br)CC(=O)O)c(OC)c1Cl. The first-order chi connectivity index (χ1) is 8.92. The number of aliphatic carboxylic acids is 1. The molecule has 0 radical (unpaired) electrons. The van der Waals surface area contributed by atoms with Gasteiger partial charge in [-0.15, -0.1) is 0 Å². The van der Waals surface area contributed by atoms with Crippen molar-refractivity contribution in [3.63, 3.8) is 0 Å². The Morgan fingerprint density at radius 1 is 1.37 bits per heavy atom. The third-order valence-corrected chi connectivity index (χ3v) is 3.49. The molecular formula is C12H12BrClO5. The molecule has 1 rings (SSSR count). The average Bonchev–Trinajstić information content (AvgIpc) is 2.36. The van der Waals surface area contributed by atoms with Crippen LogP contribution in [0, 0.1) is 0 Å². The predicted octanol–water partition coefficient (Wildman–Crippen LogP) is 2.78. The van der Waals surface area contributed by atoms with E-state index in [0.29, 0.717) is 5.75 Å². The number of halogens is 2. The zero-order chi connectivity index (χ0) is 14.6. The molecule has 0 amide bonds. The molecule has 0 spiro atoms. The summed E-state index contributed by atoms with van der Waals surface area (Å²) in [6.07, 6.45) is -0.328. The fraction of sp³-hybridized carbons (Fsp3) is 0.333. The number of ketones is 1. The number of carbonyl (C=O) groups excluding carboxylic acids is 1. The van der Waals surface area contributed by atoms with Gasteiger partial charge in [0.05, 0.1) is 31.0 Å². The summed E-state index contributed by atoms with van der Waals surface area (Å²) >= 11 is 9.08. The van der Waals surface area contributed by atoms with Gasteiger partial charge in [0, 0.05) is 0 Å². The zero-order valence-electron chi connectivity index (χ0n) is 10.3. The lowest BCUT2D eigenvalue weighted by Gasteiger charge is -2.14. The normalized spacial score (nSPS) is 11.8. The van der Waals surface area contributed by atoms with E-state index in [4.69, 9.17) is 26.2 Å². The molecule has 1 N–H and O–H groups in total. The lowest BCUT2D eigenvalue weighted by Crippen LogP contribution is -2.19. The molecule has 0 aromatic heterocycles. The van der Waals surface area contributed by atoms with E-state index in [1.165, 1.54) is 26.4 Å². The third-order valence-electron chi connectivity index (χ3n) is 2.39. The van der Waals surface area contributed by atoms with Crippen molar-refractivity contribution in [3.8, 4) is 11.5 Å². The summed E-state index contributed by atoms with van der Waals surface area (Å²) in [6, 6.07) is 3.01. The number of hydrogen-bond donors (Lipinski definition) is 1. The van der Waals surface area contributed by atoms with Crippen molar-refractivity contribution < 1.29 is 24.2 Å². The molecule has 7 heteroatoms.